The van der Waals surface area contributed by atoms with Crippen LogP contribution in [0.5, 0.6) is 5.75 Å². The minimum atomic E-state index is -0.207. The lowest BCUT2D eigenvalue weighted by molar-refractivity contribution is 0.0990. The van der Waals surface area contributed by atoms with Crippen LogP contribution in [-0.4, -0.2) is 18.7 Å². The van der Waals surface area contributed by atoms with Gasteiger partial charge in [-0.2, -0.15) is 0 Å². The largest absolute Gasteiger partial charge is 0.496 e. The highest BCUT2D eigenvalue weighted by molar-refractivity contribution is 14.1. The first-order valence-corrected chi connectivity index (χ1v) is 7.43. The van der Waals surface area contributed by atoms with Crippen molar-refractivity contribution in [2.45, 2.75) is 0 Å². The van der Waals surface area contributed by atoms with Crippen molar-refractivity contribution in [3.63, 3.8) is 0 Å². The third kappa shape index (κ3) is 2.40. The van der Waals surface area contributed by atoms with Crippen LogP contribution in [0.1, 0.15) is 26.3 Å². The number of hydrogen-bond donors (Lipinski definition) is 0. The summed E-state index contributed by atoms with van der Waals surface area (Å²) in [7, 11) is 1.61. The molecule has 0 N–H and O–H groups in total. The number of hydrogen-bond acceptors (Lipinski definition) is 3. The van der Waals surface area contributed by atoms with Gasteiger partial charge in [0.25, 0.3) is 0 Å². The molecule has 2 aromatic carbocycles. The smallest absolute Gasteiger partial charge is 0.197 e. The van der Waals surface area contributed by atoms with E-state index in [1.807, 2.05) is 18.2 Å². The van der Waals surface area contributed by atoms with Crippen LogP contribution in [0.2, 0.25) is 0 Å². The summed E-state index contributed by atoms with van der Waals surface area (Å²) in [5.41, 5.74) is 2.00. The van der Waals surface area contributed by atoms with Gasteiger partial charge in [0.1, 0.15) is 5.75 Å². The van der Waals surface area contributed by atoms with Crippen LogP contribution in [0.3, 0.4) is 0 Å². The van der Waals surface area contributed by atoms with Gasteiger partial charge >= 0.3 is 0 Å². The Morgan fingerprint density at radius 1 is 1.00 bits per heavy atom. The van der Waals surface area contributed by atoms with E-state index in [9.17, 15) is 9.59 Å². The molecular weight excluding hydrogens is 379 g/mol. The number of fused-ring (bicyclic) bond motifs is 1. The second kappa shape index (κ2) is 5.44. The van der Waals surface area contributed by atoms with E-state index in [0.717, 1.165) is 14.9 Å². The molecule has 3 nitrogen and oxygen atoms in total. The highest BCUT2D eigenvalue weighted by atomic mass is 127. The third-order valence-corrected chi connectivity index (χ3v) is 4.24. The van der Waals surface area contributed by atoms with Gasteiger partial charge in [-0.05, 0) is 46.4 Å². The number of ether oxygens (including phenoxy) is 1. The van der Waals surface area contributed by atoms with E-state index in [-0.39, 0.29) is 17.1 Å². The van der Waals surface area contributed by atoms with Gasteiger partial charge in [-0.15, -0.1) is 0 Å². The molecule has 0 aromatic heterocycles. The second-order valence-corrected chi connectivity index (χ2v) is 5.82. The van der Waals surface area contributed by atoms with Crippen molar-refractivity contribution in [2.75, 3.05) is 7.11 Å². The van der Waals surface area contributed by atoms with Gasteiger partial charge in [0, 0.05) is 11.1 Å². The topological polar surface area (TPSA) is 43.4 Å². The highest BCUT2D eigenvalue weighted by Gasteiger charge is 2.32. The van der Waals surface area contributed by atoms with Gasteiger partial charge in [-0.1, -0.05) is 30.3 Å². The van der Waals surface area contributed by atoms with Crippen LogP contribution in [-0.2, 0) is 0 Å². The molecule has 0 fully saturated rings. The van der Waals surface area contributed by atoms with Crippen molar-refractivity contribution in [2.24, 2.45) is 0 Å². The van der Waals surface area contributed by atoms with Crippen molar-refractivity contribution in [3.05, 3.63) is 68.3 Å². The summed E-state index contributed by atoms with van der Waals surface area (Å²) in [5.74, 6) is 0.355. The summed E-state index contributed by atoms with van der Waals surface area (Å²) < 4.78 is 6.13. The normalized spacial score (nSPS) is 13.3. The SMILES string of the molecule is COc1ccc(C=C2C(=O)c3ccccc3C2=O)cc1I. The number of benzene rings is 2. The van der Waals surface area contributed by atoms with Gasteiger partial charge in [0.05, 0.1) is 16.3 Å². The molecule has 3 rings (SSSR count). The molecule has 4 heteroatoms. The van der Waals surface area contributed by atoms with Crippen molar-refractivity contribution in [1.29, 1.82) is 0 Å². The first-order valence-electron chi connectivity index (χ1n) is 6.35. The highest BCUT2D eigenvalue weighted by Crippen LogP contribution is 2.29. The zero-order valence-electron chi connectivity index (χ0n) is 11.2. The van der Waals surface area contributed by atoms with Gasteiger partial charge < -0.3 is 4.74 Å². The fraction of sp³-hybridized carbons (Fsp3) is 0.0588. The van der Waals surface area contributed by atoms with Gasteiger partial charge in [0.15, 0.2) is 11.6 Å². The summed E-state index contributed by atoms with van der Waals surface area (Å²) in [6, 6.07) is 12.5. The molecule has 0 spiro atoms. The molecule has 1 aliphatic rings. The van der Waals surface area contributed by atoms with Crippen LogP contribution in [0.4, 0.5) is 0 Å². The maximum atomic E-state index is 12.3. The quantitative estimate of drug-likeness (QED) is 0.446. The van der Waals surface area contributed by atoms with E-state index >= 15 is 0 Å². The zero-order chi connectivity index (χ0) is 15.0. The Hall–Kier alpha value is -1.95. The van der Waals surface area contributed by atoms with Crippen molar-refractivity contribution < 1.29 is 14.3 Å². The summed E-state index contributed by atoms with van der Waals surface area (Å²) in [6.07, 6.45) is 1.65. The second-order valence-electron chi connectivity index (χ2n) is 4.66. The van der Waals surface area contributed by atoms with E-state index in [1.54, 1.807) is 37.5 Å². The van der Waals surface area contributed by atoms with Crippen LogP contribution >= 0.6 is 22.6 Å². The number of carbonyl (C=O) groups is 2. The summed E-state index contributed by atoms with van der Waals surface area (Å²) >= 11 is 2.16. The van der Waals surface area contributed by atoms with E-state index < -0.39 is 0 Å². The molecule has 0 radical (unpaired) electrons. The first kappa shape index (κ1) is 14.0. The number of rotatable bonds is 2. The number of carbonyl (C=O) groups excluding carboxylic acids is 2. The maximum Gasteiger partial charge on any atom is 0.197 e. The maximum absolute atomic E-state index is 12.3. The summed E-state index contributed by atoms with van der Waals surface area (Å²) in [5, 5.41) is 0. The van der Waals surface area contributed by atoms with Crippen LogP contribution < -0.4 is 4.74 Å². The number of ketones is 2. The molecule has 21 heavy (non-hydrogen) atoms. The molecule has 104 valence electrons. The lowest BCUT2D eigenvalue weighted by Gasteiger charge is -2.04. The fourth-order valence-corrected chi connectivity index (χ4v) is 3.10. The Labute approximate surface area is 135 Å². The first-order chi connectivity index (χ1) is 10.1. The molecule has 0 atom stereocenters. The lowest BCUT2D eigenvalue weighted by Crippen LogP contribution is -2.00. The minimum Gasteiger partial charge on any atom is -0.496 e. The van der Waals surface area contributed by atoms with Crippen molar-refractivity contribution in [3.8, 4) is 5.75 Å². The van der Waals surface area contributed by atoms with E-state index in [0.29, 0.717) is 11.1 Å². The van der Waals surface area contributed by atoms with Crippen LogP contribution in [0.15, 0.2) is 48.0 Å². The van der Waals surface area contributed by atoms with Crippen molar-refractivity contribution >= 4 is 40.2 Å². The Morgan fingerprint density at radius 3 is 2.14 bits per heavy atom. The summed E-state index contributed by atoms with van der Waals surface area (Å²) in [6.45, 7) is 0. The van der Waals surface area contributed by atoms with Crippen molar-refractivity contribution in [1.82, 2.24) is 0 Å². The standard InChI is InChI=1S/C17H11IO3/c1-21-15-7-6-10(9-14(15)18)8-13-16(19)11-4-2-3-5-12(11)17(13)20/h2-9H,1H3. The Kier molecular flexibility index (Phi) is 3.63. The predicted octanol–water partition coefficient (Wildman–Crippen LogP) is 3.76. The average molecular weight is 390 g/mol. The fourth-order valence-electron chi connectivity index (χ4n) is 2.34. The number of allylic oxidation sites excluding steroid dienone is 1. The molecule has 0 saturated carbocycles. The number of methoxy groups -OCH3 is 1. The van der Waals surface area contributed by atoms with Gasteiger partial charge in [-0.25, -0.2) is 0 Å². The molecule has 1 aliphatic carbocycles. The van der Waals surface area contributed by atoms with E-state index in [1.165, 1.54) is 0 Å². The van der Waals surface area contributed by atoms with Crippen LogP contribution in [0.25, 0.3) is 6.08 Å². The van der Waals surface area contributed by atoms with E-state index in [4.69, 9.17) is 4.74 Å². The molecule has 0 unspecified atom stereocenters. The molecule has 0 amide bonds. The third-order valence-electron chi connectivity index (χ3n) is 3.39. The average Bonchev–Trinajstić information content (AvgIpc) is 2.73. The van der Waals surface area contributed by atoms with Crippen LogP contribution in [0, 0.1) is 3.57 Å². The predicted molar refractivity (Wildman–Crippen MR) is 88.8 cm³/mol. The number of halogens is 1. The molecule has 0 aliphatic heterocycles. The zero-order valence-corrected chi connectivity index (χ0v) is 13.4. The van der Waals surface area contributed by atoms with Gasteiger partial charge in [0.2, 0.25) is 0 Å². The molecule has 0 bridgehead atoms. The molecule has 0 saturated heterocycles. The minimum absolute atomic E-state index is 0.207. The Bertz CT molecular complexity index is 753. The molecule has 0 heterocycles. The molecular formula is C17H11IO3. The van der Waals surface area contributed by atoms with E-state index in [2.05, 4.69) is 22.6 Å². The summed E-state index contributed by atoms with van der Waals surface area (Å²) in [4.78, 5) is 24.6. The molecule has 2 aromatic rings. The van der Waals surface area contributed by atoms with Gasteiger partial charge in [-0.3, -0.25) is 9.59 Å². The monoisotopic (exact) mass is 390 g/mol. The lowest BCUT2D eigenvalue weighted by atomic mass is 10.1. The number of Topliss-reactive ketones (excluding diaryl/α,β-unsaturated/α-hetero) is 2. The Morgan fingerprint density at radius 2 is 1.62 bits per heavy atom. The Balaban J connectivity index is 2.04.